The van der Waals surface area contributed by atoms with Crippen LogP contribution >= 0.6 is 0 Å². The number of fused-ring (bicyclic) bond motifs is 40. The van der Waals surface area contributed by atoms with Crippen molar-refractivity contribution in [2.24, 2.45) is 0 Å². The highest BCUT2D eigenvalue weighted by atomic mass is 14.6. The molecule has 26 aromatic carbocycles. The van der Waals surface area contributed by atoms with Crippen LogP contribution in [-0.4, -0.2) is 0 Å². The first kappa shape index (κ1) is 74.7. The van der Waals surface area contributed by atoms with Crippen LogP contribution in [0.15, 0.2) is 485 Å². The summed E-state index contributed by atoms with van der Waals surface area (Å²) < 4.78 is 0. The summed E-state index contributed by atoms with van der Waals surface area (Å²) >= 11 is 0. The van der Waals surface area contributed by atoms with E-state index < -0.39 is 10.8 Å². The number of hydrogen-bond acceptors (Lipinski definition) is 0. The Bertz CT molecular complexity index is 9440. The lowest BCUT2D eigenvalue weighted by atomic mass is 9.68. The van der Waals surface area contributed by atoms with E-state index in [0.717, 1.165) is 0 Å². The van der Waals surface area contributed by atoms with Crippen LogP contribution in [0, 0.1) is 0 Å². The van der Waals surface area contributed by atoms with Crippen LogP contribution in [0.1, 0.15) is 44.5 Å². The number of benzene rings is 26. The van der Waals surface area contributed by atoms with E-state index in [1.807, 2.05) is 0 Å². The lowest BCUT2D eigenvalue weighted by Crippen LogP contribution is -2.26. The van der Waals surface area contributed by atoms with E-state index in [9.17, 15) is 0 Å². The summed E-state index contributed by atoms with van der Waals surface area (Å²) in [6.45, 7) is 0. The van der Waals surface area contributed by atoms with Gasteiger partial charge in [0, 0.05) is 0 Å². The van der Waals surface area contributed by atoms with E-state index in [0.29, 0.717) is 0 Å². The fraction of sp³-hybridized carbons (Fsp3) is 0.0149. The molecule has 30 rings (SSSR count). The molecule has 26 aromatic rings. The smallest absolute Gasteiger partial charge is 0.0622 e. The van der Waals surface area contributed by atoms with E-state index in [4.69, 9.17) is 0 Å². The van der Waals surface area contributed by atoms with Crippen molar-refractivity contribution >= 4 is 129 Å². The van der Waals surface area contributed by atoms with Crippen molar-refractivity contribution in [3.05, 3.63) is 530 Å². The maximum absolute atomic E-state index is 2.61. The van der Waals surface area contributed by atoms with Gasteiger partial charge in [-0.25, -0.2) is 0 Å². The van der Waals surface area contributed by atoms with Crippen molar-refractivity contribution in [1.29, 1.82) is 0 Å². The third kappa shape index (κ3) is 10.2. The second-order valence-electron chi connectivity index (χ2n) is 37.0. The summed E-state index contributed by atoms with van der Waals surface area (Å²) in [5.74, 6) is 0. The van der Waals surface area contributed by atoms with Gasteiger partial charge in [-0.2, -0.15) is 0 Å². The van der Waals surface area contributed by atoms with Gasteiger partial charge in [-0.05, 0) is 309 Å². The van der Waals surface area contributed by atoms with Gasteiger partial charge in [-0.3, -0.25) is 0 Å². The summed E-state index contributed by atoms with van der Waals surface area (Å²) in [4.78, 5) is 0. The molecule has 0 nitrogen and oxygen atoms in total. The van der Waals surface area contributed by atoms with Gasteiger partial charge in [-0.15, -0.1) is 0 Å². The third-order valence-electron chi connectivity index (χ3n) is 30.8. The minimum Gasteiger partial charge on any atom is -0.0622 e. The molecular formula is C134H80. The van der Waals surface area contributed by atoms with Gasteiger partial charge in [0.2, 0.25) is 0 Å². The highest BCUT2D eigenvalue weighted by molar-refractivity contribution is 6.31. The normalized spacial score (nSPS) is 13.2. The highest BCUT2D eigenvalue weighted by Crippen LogP contribution is 2.70. The Morgan fingerprint density at radius 2 is 0.343 bits per heavy atom. The maximum Gasteiger partial charge on any atom is 0.0737 e. The van der Waals surface area contributed by atoms with E-state index in [1.54, 1.807) is 0 Å². The molecule has 0 bridgehead atoms. The highest BCUT2D eigenvalue weighted by Gasteiger charge is 2.56. The summed E-state index contributed by atoms with van der Waals surface area (Å²) in [6, 6.07) is 183. The summed E-state index contributed by atoms with van der Waals surface area (Å²) in [7, 11) is 0. The van der Waals surface area contributed by atoms with Gasteiger partial charge < -0.3 is 0 Å². The van der Waals surface area contributed by atoms with Crippen molar-refractivity contribution in [3.63, 3.8) is 0 Å². The Morgan fingerprint density at radius 1 is 0.104 bits per heavy atom. The molecule has 0 saturated heterocycles. The fourth-order valence-electron chi connectivity index (χ4n) is 25.8. The second kappa shape index (κ2) is 28.7. The average Bonchev–Trinajstić information content (AvgIpc) is 1.49. The van der Waals surface area contributed by atoms with Crippen LogP contribution in [-0.2, 0) is 10.8 Å². The molecular weight excluding hydrogens is 1610 g/mol. The van der Waals surface area contributed by atoms with Crippen LogP contribution in [0.4, 0.5) is 0 Å². The van der Waals surface area contributed by atoms with Crippen LogP contribution in [0.5, 0.6) is 0 Å². The average molecular weight is 1690 g/mol. The van der Waals surface area contributed by atoms with Crippen LogP contribution in [0.2, 0.25) is 0 Å². The molecule has 0 saturated carbocycles. The molecule has 0 heterocycles. The zero-order chi connectivity index (χ0) is 87.6. The third-order valence-corrected chi connectivity index (χ3v) is 30.8. The van der Waals surface area contributed by atoms with Crippen molar-refractivity contribution in [3.8, 4) is 111 Å². The fourth-order valence-corrected chi connectivity index (χ4v) is 25.8. The predicted octanol–water partition coefficient (Wildman–Crippen LogP) is 35.9. The summed E-state index contributed by atoms with van der Waals surface area (Å²) in [5.41, 5.74) is 35.6. The van der Waals surface area contributed by atoms with E-state index in [-0.39, 0.29) is 0 Å². The van der Waals surface area contributed by atoms with Crippen molar-refractivity contribution in [1.82, 2.24) is 0 Å². The lowest BCUT2D eigenvalue weighted by Gasteiger charge is -2.33. The van der Waals surface area contributed by atoms with Crippen molar-refractivity contribution in [2.45, 2.75) is 10.8 Å². The minimum atomic E-state index is -0.541. The summed E-state index contributed by atoms with van der Waals surface area (Å²) in [6.07, 6.45) is 0. The van der Waals surface area contributed by atoms with Gasteiger partial charge in [0.1, 0.15) is 0 Å². The molecule has 4 aliphatic carbocycles. The van der Waals surface area contributed by atoms with Crippen LogP contribution < -0.4 is 0 Å². The van der Waals surface area contributed by atoms with Gasteiger partial charge in [0.05, 0.1) is 10.8 Å². The first-order valence-corrected chi connectivity index (χ1v) is 47.0. The first-order chi connectivity index (χ1) is 66.6. The van der Waals surface area contributed by atoms with Gasteiger partial charge in [-0.1, -0.05) is 461 Å². The molecule has 0 unspecified atom stereocenters. The Morgan fingerprint density at radius 3 is 0.709 bits per heavy atom. The SMILES string of the molecule is c1ccc(-c2ccc(-c3c4ccccc4c(-c4cc5c(c6ccccc46)C4(c6ccccc6-c6ccccc64)c4c-5c5ccccc5c5ccccc45)c4ccccc34)c3ccccc23)cc1.c1ccc(-c2ccc3cc(-c4c5ccccc5c(-c5cc6c(c7ccccc57)C5(c7ccccc7-c7ccccc75)c5c-6c6ccccc6c6ccccc56)c5ccccc45)ccc3c2)cc1. The molecule has 0 N–H and O–H groups in total. The lowest BCUT2D eigenvalue weighted by molar-refractivity contribution is 0.809. The molecule has 0 atom stereocenters. The number of hydrogen-bond donors (Lipinski definition) is 0. The van der Waals surface area contributed by atoms with Crippen LogP contribution in [0.25, 0.3) is 241 Å². The van der Waals surface area contributed by atoms with E-state index >= 15 is 0 Å². The molecule has 2 spiro atoms. The van der Waals surface area contributed by atoms with Gasteiger partial charge in [0.15, 0.2) is 0 Å². The first-order valence-electron chi connectivity index (χ1n) is 47.0. The Hall–Kier alpha value is -17.2. The maximum atomic E-state index is 2.61. The zero-order valence-electron chi connectivity index (χ0n) is 73.2. The van der Waals surface area contributed by atoms with Crippen molar-refractivity contribution in [2.75, 3.05) is 0 Å². The zero-order valence-corrected chi connectivity index (χ0v) is 73.2. The number of rotatable bonds is 6. The van der Waals surface area contributed by atoms with Crippen LogP contribution in [0.3, 0.4) is 0 Å². The standard InChI is InChI=1S/2C67H40/c1-2-18-41(19-3-1)42-34-35-44-39-45(37-36-43(44)38-42)62-52-26-8-10-28-54(52)63(55-29-11-9-27-53(55)62)58-40-59-64-51-25-7-4-20-46(51)47-21-5-13-31-57(47)66(64)67(65(59)56-30-12-6-22-48(56)58)60-32-16-14-23-49(60)50-24-15-17-33-61(50)67;1-2-20-41(21-3-1)42-38-39-55(44-23-5-4-22-43(42)44)62-51-30-10-12-32-53(51)63(54-33-13-11-31-52(54)62)58-40-59-64-50-29-9-6-24-45(50)46-25-7-15-35-57(46)66(64)67(65(59)56-34-14-8-26-47(56)58)60-36-18-16-27-48(60)49-28-17-19-37-61(49)67/h2*1-40H. The molecule has 134 heavy (non-hydrogen) atoms. The van der Waals surface area contributed by atoms with E-state index in [2.05, 4.69) is 485 Å². The Labute approximate surface area is 775 Å². The largest absolute Gasteiger partial charge is 0.0737 e. The summed E-state index contributed by atoms with van der Waals surface area (Å²) in [5, 5.41) is 30.6. The Balaban J connectivity index is 0.000000131. The van der Waals surface area contributed by atoms with Crippen molar-refractivity contribution < 1.29 is 0 Å². The Kier molecular flexibility index (Phi) is 16.0. The molecule has 4 aliphatic rings. The molecule has 0 fully saturated rings. The minimum absolute atomic E-state index is 0.536. The second-order valence-corrected chi connectivity index (χ2v) is 37.0. The predicted molar refractivity (Wildman–Crippen MR) is 568 cm³/mol. The van der Waals surface area contributed by atoms with Gasteiger partial charge >= 0.3 is 0 Å². The van der Waals surface area contributed by atoms with E-state index in [1.165, 1.54) is 285 Å². The molecule has 0 aromatic heterocycles. The molecule has 0 amide bonds. The molecule has 0 aliphatic heterocycles. The van der Waals surface area contributed by atoms with Gasteiger partial charge in [0.25, 0.3) is 0 Å². The topological polar surface area (TPSA) is 0 Å². The monoisotopic (exact) mass is 1690 g/mol. The quantitative estimate of drug-likeness (QED) is 0.115. The molecule has 0 heteroatoms. The molecule has 0 radical (unpaired) electrons. The molecule has 616 valence electrons.